The van der Waals surface area contributed by atoms with Crippen LogP contribution in [0.25, 0.3) is 10.9 Å². The minimum Gasteiger partial charge on any atom is -0.338 e. The van der Waals surface area contributed by atoms with Crippen LogP contribution in [0, 0.1) is 0 Å². The number of fused-ring (bicyclic) bond motifs is 1. The van der Waals surface area contributed by atoms with Gasteiger partial charge in [0.05, 0.1) is 16.1 Å². The van der Waals surface area contributed by atoms with Crippen molar-refractivity contribution in [3.05, 3.63) is 102 Å². The van der Waals surface area contributed by atoms with Crippen LogP contribution in [0.15, 0.2) is 96.0 Å². The Labute approximate surface area is 212 Å². The molecule has 8 heteroatoms. The molecule has 7 nitrogen and oxygen atoms in total. The molecule has 186 valence electrons. The number of hydrogen-bond acceptors (Lipinski definition) is 5. The van der Waals surface area contributed by atoms with Gasteiger partial charge < -0.3 is 9.80 Å². The second kappa shape index (κ2) is 11.3. The number of aromatic nitrogens is 1. The molecule has 1 N–H and O–H groups in total. The zero-order chi connectivity index (χ0) is 25.5. The average Bonchev–Trinajstić information content (AvgIpc) is 2.89. The molecule has 0 bridgehead atoms. The first kappa shape index (κ1) is 25.3. The van der Waals surface area contributed by atoms with Crippen molar-refractivity contribution in [2.75, 3.05) is 31.4 Å². The lowest BCUT2D eigenvalue weighted by Crippen LogP contribution is -2.37. The van der Waals surface area contributed by atoms with Crippen molar-refractivity contribution in [2.45, 2.75) is 18.4 Å². The summed E-state index contributed by atoms with van der Waals surface area (Å²) in [6.45, 7) is 4.61. The van der Waals surface area contributed by atoms with Crippen molar-refractivity contribution in [3.8, 4) is 0 Å². The van der Waals surface area contributed by atoms with E-state index in [9.17, 15) is 13.2 Å². The highest BCUT2D eigenvalue weighted by molar-refractivity contribution is 7.92. The van der Waals surface area contributed by atoms with Gasteiger partial charge in [-0.3, -0.25) is 14.5 Å². The maximum atomic E-state index is 13.1. The Bertz CT molecular complexity index is 1420. The SMILES string of the molecule is CCN(CCN(C)Cc1ccccc1)C(=O)c1ccc(S(=O)(=O)Nc2cccc3cccnc23)cc1. The first-order valence-electron chi connectivity index (χ1n) is 11.9. The fourth-order valence-corrected chi connectivity index (χ4v) is 5.08. The van der Waals surface area contributed by atoms with E-state index in [1.807, 2.05) is 44.3 Å². The molecule has 4 aromatic rings. The topological polar surface area (TPSA) is 82.6 Å². The second-order valence-electron chi connectivity index (χ2n) is 8.62. The predicted octanol–water partition coefficient (Wildman–Crippen LogP) is 4.63. The lowest BCUT2D eigenvalue weighted by molar-refractivity contribution is 0.0749. The van der Waals surface area contributed by atoms with Crippen LogP contribution in [0.5, 0.6) is 0 Å². The predicted molar refractivity (Wildman–Crippen MR) is 143 cm³/mol. The molecule has 0 atom stereocenters. The number of carbonyl (C=O) groups excluding carboxylic acids is 1. The van der Waals surface area contributed by atoms with E-state index in [2.05, 4.69) is 26.7 Å². The van der Waals surface area contributed by atoms with Crippen LogP contribution in [-0.4, -0.2) is 55.8 Å². The molecule has 1 aromatic heterocycles. The van der Waals surface area contributed by atoms with Gasteiger partial charge in [-0.05, 0) is 55.9 Å². The molecule has 1 amide bonds. The molecule has 0 radical (unpaired) electrons. The van der Waals surface area contributed by atoms with Gasteiger partial charge in [-0.1, -0.05) is 48.5 Å². The van der Waals surface area contributed by atoms with E-state index in [-0.39, 0.29) is 10.8 Å². The van der Waals surface area contributed by atoms with E-state index in [4.69, 9.17) is 0 Å². The molecule has 4 rings (SSSR count). The first-order valence-corrected chi connectivity index (χ1v) is 13.3. The Morgan fingerprint density at radius 3 is 2.33 bits per heavy atom. The van der Waals surface area contributed by atoms with Gasteiger partial charge in [-0.2, -0.15) is 0 Å². The van der Waals surface area contributed by atoms with Crippen LogP contribution in [0.2, 0.25) is 0 Å². The summed E-state index contributed by atoms with van der Waals surface area (Å²) in [7, 11) is -1.81. The van der Waals surface area contributed by atoms with Gasteiger partial charge in [0.1, 0.15) is 0 Å². The van der Waals surface area contributed by atoms with Gasteiger partial charge in [0.2, 0.25) is 0 Å². The molecule has 3 aromatic carbocycles. The van der Waals surface area contributed by atoms with Crippen molar-refractivity contribution in [1.82, 2.24) is 14.8 Å². The molecule has 0 saturated carbocycles. The summed E-state index contributed by atoms with van der Waals surface area (Å²) in [5.41, 5.74) is 2.66. The van der Waals surface area contributed by atoms with Crippen LogP contribution in [-0.2, 0) is 16.6 Å². The van der Waals surface area contributed by atoms with E-state index in [1.165, 1.54) is 17.7 Å². The minimum absolute atomic E-state index is 0.0811. The number of nitrogens with zero attached hydrogens (tertiary/aromatic N) is 3. The Kier molecular flexibility index (Phi) is 7.97. The van der Waals surface area contributed by atoms with Crippen molar-refractivity contribution >= 4 is 32.5 Å². The van der Waals surface area contributed by atoms with Gasteiger partial charge >= 0.3 is 0 Å². The van der Waals surface area contributed by atoms with E-state index < -0.39 is 10.0 Å². The van der Waals surface area contributed by atoms with E-state index in [0.717, 1.165) is 18.5 Å². The van der Waals surface area contributed by atoms with E-state index in [1.54, 1.807) is 41.4 Å². The number of hydrogen-bond donors (Lipinski definition) is 1. The van der Waals surface area contributed by atoms with Gasteiger partial charge in [-0.15, -0.1) is 0 Å². The number of likely N-dealkylation sites (N-methyl/N-ethyl adjacent to an activating group) is 2. The molecule has 0 aliphatic heterocycles. The van der Waals surface area contributed by atoms with Crippen molar-refractivity contribution in [1.29, 1.82) is 0 Å². The molecule has 1 heterocycles. The highest BCUT2D eigenvalue weighted by atomic mass is 32.2. The zero-order valence-corrected chi connectivity index (χ0v) is 21.3. The number of pyridine rings is 1. The maximum absolute atomic E-state index is 13.1. The number of amides is 1. The fraction of sp³-hybridized carbons (Fsp3) is 0.214. The summed E-state index contributed by atoms with van der Waals surface area (Å²) >= 11 is 0. The third-order valence-corrected chi connectivity index (χ3v) is 7.39. The zero-order valence-electron chi connectivity index (χ0n) is 20.5. The van der Waals surface area contributed by atoms with E-state index >= 15 is 0 Å². The Morgan fingerprint density at radius 2 is 1.61 bits per heavy atom. The molecule has 0 unspecified atom stereocenters. The van der Waals surface area contributed by atoms with Crippen LogP contribution in [0.4, 0.5) is 5.69 Å². The van der Waals surface area contributed by atoms with Crippen LogP contribution in [0.3, 0.4) is 0 Å². The lowest BCUT2D eigenvalue weighted by Gasteiger charge is -2.25. The summed E-state index contributed by atoms with van der Waals surface area (Å²) in [6.07, 6.45) is 1.62. The number of rotatable bonds is 10. The highest BCUT2D eigenvalue weighted by Gasteiger charge is 2.19. The number of para-hydroxylation sites is 1. The summed E-state index contributed by atoms with van der Waals surface area (Å²) in [5, 5.41) is 0.840. The smallest absolute Gasteiger partial charge is 0.261 e. The molecule has 0 spiro atoms. The van der Waals surface area contributed by atoms with Gasteiger partial charge in [-0.25, -0.2) is 8.42 Å². The number of benzene rings is 3. The first-order chi connectivity index (χ1) is 17.4. The quantitative estimate of drug-likeness (QED) is 0.342. The maximum Gasteiger partial charge on any atom is 0.261 e. The standard InChI is InChI=1S/C28H30N4O3S/c1-3-32(20-19-31(2)21-22-9-5-4-6-10-22)28(33)24-14-16-25(17-15-24)36(34,35)30-26-13-7-11-23-12-8-18-29-27(23)26/h4-18,30H,3,19-21H2,1-2H3. The number of sulfonamides is 1. The van der Waals surface area contributed by atoms with E-state index in [0.29, 0.717) is 29.9 Å². The molecule has 36 heavy (non-hydrogen) atoms. The summed E-state index contributed by atoms with van der Waals surface area (Å²) < 4.78 is 28.6. The van der Waals surface area contributed by atoms with Crippen LogP contribution < -0.4 is 4.72 Å². The molecule has 0 aliphatic carbocycles. The van der Waals surface area contributed by atoms with Crippen molar-refractivity contribution in [2.24, 2.45) is 0 Å². The monoisotopic (exact) mass is 502 g/mol. The third-order valence-electron chi connectivity index (χ3n) is 6.00. The summed E-state index contributed by atoms with van der Waals surface area (Å²) in [4.78, 5) is 21.4. The number of nitrogens with one attached hydrogen (secondary N) is 1. The Morgan fingerprint density at radius 1 is 0.889 bits per heavy atom. The molecule has 0 aliphatic rings. The lowest BCUT2D eigenvalue weighted by atomic mass is 10.2. The Balaban J connectivity index is 1.41. The second-order valence-corrected chi connectivity index (χ2v) is 10.3. The van der Waals surface area contributed by atoms with Crippen LogP contribution >= 0.6 is 0 Å². The van der Waals surface area contributed by atoms with Gasteiger partial charge in [0.15, 0.2) is 0 Å². The molecular weight excluding hydrogens is 472 g/mol. The van der Waals surface area contributed by atoms with Gasteiger partial charge in [0.25, 0.3) is 15.9 Å². The average molecular weight is 503 g/mol. The molecular formula is C28H30N4O3S. The van der Waals surface area contributed by atoms with Crippen molar-refractivity contribution in [3.63, 3.8) is 0 Å². The molecule has 0 saturated heterocycles. The van der Waals surface area contributed by atoms with Gasteiger partial charge in [0, 0.05) is 43.3 Å². The van der Waals surface area contributed by atoms with Crippen molar-refractivity contribution < 1.29 is 13.2 Å². The van der Waals surface area contributed by atoms with Crippen LogP contribution in [0.1, 0.15) is 22.8 Å². The normalized spacial score (nSPS) is 11.5. The highest BCUT2D eigenvalue weighted by Crippen LogP contribution is 2.24. The number of anilines is 1. The Hall–Kier alpha value is -3.75. The summed E-state index contributed by atoms with van der Waals surface area (Å²) in [6, 6.07) is 25.3. The minimum atomic E-state index is -3.85. The summed E-state index contributed by atoms with van der Waals surface area (Å²) in [5.74, 6) is -0.124. The number of carbonyl (C=O) groups is 1. The fourth-order valence-electron chi connectivity index (χ4n) is 4.02. The molecule has 0 fully saturated rings. The largest absolute Gasteiger partial charge is 0.338 e. The third kappa shape index (κ3) is 6.08.